The van der Waals surface area contributed by atoms with E-state index in [1.165, 1.54) is 5.39 Å². The fourth-order valence-corrected chi connectivity index (χ4v) is 8.52. The van der Waals surface area contributed by atoms with Crippen molar-refractivity contribution in [2.45, 2.75) is 0 Å². The van der Waals surface area contributed by atoms with E-state index in [9.17, 15) is 0 Å². The van der Waals surface area contributed by atoms with E-state index in [0.29, 0.717) is 17.5 Å². The van der Waals surface area contributed by atoms with Crippen LogP contribution in [0.3, 0.4) is 0 Å². The van der Waals surface area contributed by atoms with Crippen LogP contribution in [0.4, 0.5) is 0 Å². The summed E-state index contributed by atoms with van der Waals surface area (Å²) in [5, 5.41) is 4.24. The van der Waals surface area contributed by atoms with Gasteiger partial charge in [0.05, 0.1) is 22.1 Å². The van der Waals surface area contributed by atoms with Crippen molar-refractivity contribution in [3.8, 4) is 56.9 Å². The summed E-state index contributed by atoms with van der Waals surface area (Å²) in [6.45, 7) is 0. The van der Waals surface area contributed by atoms with Gasteiger partial charge in [0.15, 0.2) is 17.5 Å². The number of para-hydroxylation sites is 5. The molecule has 0 amide bonds. The van der Waals surface area contributed by atoms with E-state index in [4.69, 9.17) is 24.4 Å². The Labute approximate surface area is 338 Å². The highest BCUT2D eigenvalue weighted by molar-refractivity contribution is 6.13. The number of aromatic nitrogens is 6. The lowest BCUT2D eigenvalue weighted by atomic mass is 10.0. The molecule has 0 spiro atoms. The van der Waals surface area contributed by atoms with Crippen LogP contribution < -0.4 is 0 Å². The molecule has 0 bridgehead atoms. The molecule has 12 aromatic rings. The van der Waals surface area contributed by atoms with Crippen LogP contribution in [0.2, 0.25) is 0 Å². The van der Waals surface area contributed by atoms with E-state index >= 15 is 0 Å². The lowest BCUT2D eigenvalue weighted by molar-refractivity contribution is 0.669. The smallest absolute Gasteiger partial charge is 0.164 e. The lowest BCUT2D eigenvalue weighted by Gasteiger charge is -2.11. The van der Waals surface area contributed by atoms with Gasteiger partial charge in [-0.1, -0.05) is 121 Å². The molecule has 0 atom stereocenters. The highest BCUT2D eigenvalue weighted by Gasteiger charge is 2.21. The minimum absolute atomic E-state index is 0.563. The van der Waals surface area contributed by atoms with Gasteiger partial charge in [-0.25, -0.2) is 19.9 Å². The number of hydrogen-bond donors (Lipinski definition) is 0. The highest BCUT2D eigenvalue weighted by atomic mass is 16.3. The largest absolute Gasteiger partial charge is 0.456 e. The van der Waals surface area contributed by atoms with Crippen LogP contribution in [0.1, 0.15) is 0 Å². The third-order valence-electron chi connectivity index (χ3n) is 11.2. The van der Waals surface area contributed by atoms with Gasteiger partial charge in [0, 0.05) is 55.2 Å². The van der Waals surface area contributed by atoms with Crippen LogP contribution in [-0.4, -0.2) is 29.1 Å². The average molecular weight is 757 g/mol. The molecule has 0 saturated carbocycles. The molecule has 0 saturated heterocycles. The van der Waals surface area contributed by atoms with Gasteiger partial charge in [0.25, 0.3) is 0 Å². The molecule has 4 heterocycles. The Morgan fingerprint density at radius 3 is 1.78 bits per heavy atom. The molecule has 59 heavy (non-hydrogen) atoms. The van der Waals surface area contributed by atoms with Gasteiger partial charge in [-0.3, -0.25) is 4.57 Å². The number of nitrogens with zero attached hydrogens (tertiary/aromatic N) is 6. The summed E-state index contributed by atoms with van der Waals surface area (Å²) < 4.78 is 11.1. The first kappa shape index (κ1) is 33.0. The zero-order valence-corrected chi connectivity index (χ0v) is 31.6. The van der Waals surface area contributed by atoms with E-state index in [-0.39, 0.29) is 0 Å². The Balaban J connectivity index is 1.08. The topological polar surface area (TPSA) is 74.6 Å². The van der Waals surface area contributed by atoms with Crippen molar-refractivity contribution in [1.82, 2.24) is 29.1 Å². The van der Waals surface area contributed by atoms with E-state index in [0.717, 1.165) is 88.8 Å². The third-order valence-corrected chi connectivity index (χ3v) is 11.2. The predicted octanol–water partition coefficient (Wildman–Crippen LogP) is 12.9. The Bertz CT molecular complexity index is 3550. The first-order chi connectivity index (χ1) is 29.2. The SMILES string of the molecule is c1ccc(-c2nc(-c3ccc4c5ccccc5n(-c5ccccc5)c4c3)nc(-c3cccc4oc5ccc(-c6nc7ccccc7n6-c6ccccc6)cc5c34)n2)cc1. The molecule has 12 rings (SSSR count). The molecule has 0 radical (unpaired) electrons. The molecule has 0 unspecified atom stereocenters. The molecule has 0 N–H and O–H groups in total. The second kappa shape index (κ2) is 13.2. The molecule has 0 fully saturated rings. The summed E-state index contributed by atoms with van der Waals surface area (Å²) in [6.07, 6.45) is 0. The fraction of sp³-hybridized carbons (Fsp3) is 0. The normalized spacial score (nSPS) is 11.7. The van der Waals surface area contributed by atoms with Gasteiger partial charge < -0.3 is 8.98 Å². The summed E-state index contributed by atoms with van der Waals surface area (Å²) in [4.78, 5) is 20.7. The van der Waals surface area contributed by atoms with E-state index in [1.54, 1.807) is 0 Å². The minimum atomic E-state index is 0.563. The van der Waals surface area contributed by atoms with Gasteiger partial charge in [0.2, 0.25) is 0 Å². The van der Waals surface area contributed by atoms with Crippen molar-refractivity contribution in [3.63, 3.8) is 0 Å². The Hall–Kier alpha value is -8.16. The van der Waals surface area contributed by atoms with Crippen LogP contribution in [0.25, 0.3) is 112 Å². The van der Waals surface area contributed by atoms with Crippen LogP contribution in [0.15, 0.2) is 199 Å². The first-order valence-corrected chi connectivity index (χ1v) is 19.6. The fourth-order valence-electron chi connectivity index (χ4n) is 8.52. The van der Waals surface area contributed by atoms with Crippen molar-refractivity contribution in [2.75, 3.05) is 0 Å². The van der Waals surface area contributed by atoms with E-state index < -0.39 is 0 Å². The maximum atomic E-state index is 6.54. The standard InChI is InChI=1S/C52H32N6O/c1-4-15-33(16-5-1)49-54-50(34-27-29-39-38-21-10-12-24-43(38)57(45(39)32-34)36-17-6-2-7-18-36)56-51(55-49)40-22-14-26-47-48(40)41-31-35(28-30-46(41)59-47)52-53-42-23-11-13-25-44(42)58(52)37-19-8-3-9-20-37/h1-32H. The zero-order chi connectivity index (χ0) is 38.9. The summed E-state index contributed by atoms with van der Waals surface area (Å²) in [5.74, 6) is 2.59. The van der Waals surface area contributed by atoms with Crippen LogP contribution >= 0.6 is 0 Å². The molecule has 7 nitrogen and oxygen atoms in total. The molecule has 0 aliphatic rings. The molecule has 7 heteroatoms. The molecule has 276 valence electrons. The monoisotopic (exact) mass is 756 g/mol. The number of fused-ring (bicyclic) bond motifs is 7. The molecular formula is C52H32N6O. The summed E-state index contributed by atoms with van der Waals surface area (Å²) >= 11 is 0. The van der Waals surface area contributed by atoms with Crippen LogP contribution in [0, 0.1) is 0 Å². The zero-order valence-electron chi connectivity index (χ0n) is 31.6. The van der Waals surface area contributed by atoms with Crippen molar-refractivity contribution in [1.29, 1.82) is 0 Å². The molecule has 8 aromatic carbocycles. The van der Waals surface area contributed by atoms with Gasteiger partial charge >= 0.3 is 0 Å². The van der Waals surface area contributed by atoms with E-state index in [2.05, 4.69) is 137 Å². The highest BCUT2D eigenvalue weighted by Crippen LogP contribution is 2.40. The van der Waals surface area contributed by atoms with Gasteiger partial charge in [-0.2, -0.15) is 0 Å². The van der Waals surface area contributed by atoms with E-state index in [1.807, 2.05) is 66.7 Å². The minimum Gasteiger partial charge on any atom is -0.456 e. The number of imidazole rings is 1. The van der Waals surface area contributed by atoms with Crippen LogP contribution in [-0.2, 0) is 0 Å². The maximum absolute atomic E-state index is 6.54. The Morgan fingerprint density at radius 1 is 0.356 bits per heavy atom. The first-order valence-electron chi connectivity index (χ1n) is 19.6. The summed E-state index contributed by atoms with van der Waals surface area (Å²) in [5.41, 5.74) is 11.5. The van der Waals surface area contributed by atoms with Gasteiger partial charge in [-0.15, -0.1) is 0 Å². The number of rotatable bonds is 6. The third kappa shape index (κ3) is 5.36. The van der Waals surface area contributed by atoms with Gasteiger partial charge in [-0.05, 0) is 72.8 Å². The second-order valence-electron chi connectivity index (χ2n) is 14.7. The molecule has 4 aromatic heterocycles. The van der Waals surface area contributed by atoms with Crippen molar-refractivity contribution >= 4 is 54.8 Å². The molecular weight excluding hydrogens is 725 g/mol. The van der Waals surface area contributed by atoms with Crippen molar-refractivity contribution in [3.05, 3.63) is 194 Å². The summed E-state index contributed by atoms with van der Waals surface area (Å²) in [7, 11) is 0. The van der Waals surface area contributed by atoms with Crippen LogP contribution in [0.5, 0.6) is 0 Å². The molecule has 0 aliphatic heterocycles. The number of hydrogen-bond acceptors (Lipinski definition) is 5. The van der Waals surface area contributed by atoms with Crippen molar-refractivity contribution < 1.29 is 4.42 Å². The average Bonchev–Trinajstić information content (AvgIpc) is 3.99. The molecule has 0 aliphatic carbocycles. The summed E-state index contributed by atoms with van der Waals surface area (Å²) in [6, 6.07) is 66.7. The Morgan fingerprint density at radius 2 is 0.983 bits per heavy atom. The van der Waals surface area contributed by atoms with Crippen molar-refractivity contribution in [2.24, 2.45) is 0 Å². The van der Waals surface area contributed by atoms with Gasteiger partial charge in [0.1, 0.15) is 17.0 Å². The number of furan rings is 1. The number of benzene rings is 8. The maximum Gasteiger partial charge on any atom is 0.164 e. The Kier molecular flexibility index (Phi) is 7.40. The lowest BCUT2D eigenvalue weighted by Crippen LogP contribution is -2.01. The quantitative estimate of drug-likeness (QED) is 0.169. The predicted molar refractivity (Wildman–Crippen MR) is 238 cm³/mol. The second-order valence-corrected chi connectivity index (χ2v) is 14.7.